The van der Waals surface area contributed by atoms with E-state index in [0.29, 0.717) is 6.61 Å². The Bertz CT molecular complexity index is 256. The number of rotatable bonds is 6. The maximum Gasteiger partial charge on any atom is 0.0803 e. The summed E-state index contributed by atoms with van der Waals surface area (Å²) in [5.41, 5.74) is 1.34. The van der Waals surface area contributed by atoms with Crippen molar-refractivity contribution >= 4 is 0 Å². The zero-order chi connectivity index (χ0) is 11.1. The van der Waals surface area contributed by atoms with E-state index in [2.05, 4.69) is 24.3 Å². The second-order valence-corrected chi connectivity index (χ2v) is 3.91. The van der Waals surface area contributed by atoms with Crippen LogP contribution in [0.1, 0.15) is 25.8 Å². The number of aliphatic hydroxyl groups excluding tert-OH is 1. The molecule has 0 spiro atoms. The van der Waals surface area contributed by atoms with Crippen LogP contribution in [0.3, 0.4) is 0 Å². The zero-order valence-electron chi connectivity index (χ0n) is 9.52. The van der Waals surface area contributed by atoms with Gasteiger partial charge in [-0.15, -0.1) is 0 Å². The molecular formula is C13H20O2. The lowest BCUT2D eigenvalue weighted by molar-refractivity contribution is -0.0187. The quantitative estimate of drug-likeness (QED) is 0.727. The Kier molecular flexibility index (Phi) is 5.37. The van der Waals surface area contributed by atoms with Gasteiger partial charge in [0, 0.05) is 6.61 Å². The van der Waals surface area contributed by atoms with Crippen LogP contribution in [-0.4, -0.2) is 23.9 Å². The average molecular weight is 208 g/mol. The molecular weight excluding hydrogens is 188 g/mol. The summed E-state index contributed by atoms with van der Waals surface area (Å²) in [5, 5.41) is 9.21. The van der Waals surface area contributed by atoms with E-state index in [1.54, 1.807) is 6.92 Å². The van der Waals surface area contributed by atoms with Gasteiger partial charge in [0.1, 0.15) is 0 Å². The minimum Gasteiger partial charge on any atom is -0.391 e. The van der Waals surface area contributed by atoms with E-state index in [1.807, 2.05) is 13.0 Å². The van der Waals surface area contributed by atoms with Crippen LogP contribution < -0.4 is 0 Å². The normalized spacial score (nSPS) is 14.9. The topological polar surface area (TPSA) is 29.5 Å². The highest BCUT2D eigenvalue weighted by atomic mass is 16.5. The van der Waals surface area contributed by atoms with Crippen LogP contribution in [0.25, 0.3) is 0 Å². The van der Waals surface area contributed by atoms with Crippen LogP contribution in [0.5, 0.6) is 0 Å². The maximum absolute atomic E-state index is 9.21. The Hall–Kier alpha value is -0.860. The van der Waals surface area contributed by atoms with Crippen molar-refractivity contribution in [1.29, 1.82) is 0 Å². The number of hydrogen-bond donors (Lipinski definition) is 1. The van der Waals surface area contributed by atoms with E-state index in [9.17, 15) is 5.11 Å². The third-order valence-electron chi connectivity index (χ3n) is 2.51. The lowest BCUT2D eigenvalue weighted by Crippen LogP contribution is -2.23. The van der Waals surface area contributed by atoms with Crippen LogP contribution >= 0.6 is 0 Å². The first-order valence-electron chi connectivity index (χ1n) is 5.53. The van der Waals surface area contributed by atoms with Crippen LogP contribution in [0.4, 0.5) is 0 Å². The summed E-state index contributed by atoms with van der Waals surface area (Å²) in [7, 11) is 0. The minimum absolute atomic E-state index is 0.0687. The predicted octanol–water partition coefficient (Wildman–Crippen LogP) is 2.41. The van der Waals surface area contributed by atoms with E-state index >= 15 is 0 Å². The number of aryl methyl sites for hydroxylation is 1. The molecule has 2 nitrogen and oxygen atoms in total. The van der Waals surface area contributed by atoms with Gasteiger partial charge in [-0.1, -0.05) is 30.3 Å². The van der Waals surface area contributed by atoms with Crippen molar-refractivity contribution in [2.24, 2.45) is 0 Å². The van der Waals surface area contributed by atoms with Crippen molar-refractivity contribution < 1.29 is 9.84 Å². The van der Waals surface area contributed by atoms with E-state index in [0.717, 1.165) is 12.8 Å². The summed E-state index contributed by atoms with van der Waals surface area (Å²) in [5.74, 6) is 0. The Morgan fingerprint density at radius 2 is 1.87 bits per heavy atom. The third-order valence-corrected chi connectivity index (χ3v) is 2.51. The summed E-state index contributed by atoms with van der Waals surface area (Å²) < 4.78 is 5.48. The van der Waals surface area contributed by atoms with Crippen molar-refractivity contribution in [3.05, 3.63) is 35.9 Å². The lowest BCUT2D eigenvalue weighted by Gasteiger charge is -2.15. The molecule has 0 saturated carbocycles. The molecule has 2 atom stereocenters. The highest BCUT2D eigenvalue weighted by Crippen LogP contribution is 2.04. The predicted molar refractivity (Wildman–Crippen MR) is 61.9 cm³/mol. The lowest BCUT2D eigenvalue weighted by atomic mass is 10.1. The van der Waals surface area contributed by atoms with E-state index in [-0.39, 0.29) is 12.2 Å². The number of hydrogen-bond acceptors (Lipinski definition) is 2. The highest BCUT2D eigenvalue weighted by Gasteiger charge is 2.07. The number of ether oxygens (including phenoxy) is 1. The largest absolute Gasteiger partial charge is 0.391 e. The first-order chi connectivity index (χ1) is 7.20. The standard InChI is InChI=1S/C13H20O2/c1-11(14)12(2)15-10-6-9-13-7-4-3-5-8-13/h3-5,7-8,11-12,14H,6,9-10H2,1-2H3/t11-,12+/m1/s1. The molecule has 84 valence electrons. The molecule has 1 aromatic rings. The van der Waals surface area contributed by atoms with E-state index in [4.69, 9.17) is 4.74 Å². The van der Waals surface area contributed by atoms with Crippen LogP contribution in [0.2, 0.25) is 0 Å². The molecule has 0 aromatic heterocycles. The molecule has 0 aliphatic carbocycles. The molecule has 0 aliphatic heterocycles. The Labute approximate surface area is 91.9 Å². The van der Waals surface area contributed by atoms with Gasteiger partial charge in [-0.05, 0) is 32.3 Å². The van der Waals surface area contributed by atoms with Crippen molar-refractivity contribution in [1.82, 2.24) is 0 Å². The van der Waals surface area contributed by atoms with Gasteiger partial charge in [-0.25, -0.2) is 0 Å². The first-order valence-corrected chi connectivity index (χ1v) is 5.53. The van der Waals surface area contributed by atoms with Gasteiger partial charge < -0.3 is 9.84 Å². The van der Waals surface area contributed by atoms with Gasteiger partial charge in [0.15, 0.2) is 0 Å². The molecule has 1 N–H and O–H groups in total. The second-order valence-electron chi connectivity index (χ2n) is 3.91. The minimum atomic E-state index is -0.387. The second kappa shape index (κ2) is 6.59. The summed E-state index contributed by atoms with van der Waals surface area (Å²) in [6.45, 7) is 4.36. The highest BCUT2D eigenvalue weighted by molar-refractivity contribution is 5.14. The third kappa shape index (κ3) is 4.96. The van der Waals surface area contributed by atoms with Gasteiger partial charge in [0.25, 0.3) is 0 Å². The molecule has 0 heterocycles. The molecule has 2 heteroatoms. The fourth-order valence-electron chi connectivity index (χ4n) is 1.33. The molecule has 0 aliphatic rings. The summed E-state index contributed by atoms with van der Waals surface area (Å²) in [4.78, 5) is 0. The molecule has 1 rings (SSSR count). The van der Waals surface area contributed by atoms with Gasteiger partial charge in [0.2, 0.25) is 0 Å². The fourth-order valence-corrected chi connectivity index (χ4v) is 1.33. The van der Waals surface area contributed by atoms with Crippen molar-refractivity contribution in [2.75, 3.05) is 6.61 Å². The van der Waals surface area contributed by atoms with Gasteiger partial charge >= 0.3 is 0 Å². The summed E-state index contributed by atoms with van der Waals surface area (Å²) >= 11 is 0. The molecule has 0 unspecified atom stereocenters. The van der Waals surface area contributed by atoms with Crippen LogP contribution in [0.15, 0.2) is 30.3 Å². The average Bonchev–Trinajstić information content (AvgIpc) is 2.25. The monoisotopic (exact) mass is 208 g/mol. The number of benzene rings is 1. The molecule has 0 radical (unpaired) electrons. The SMILES string of the molecule is C[C@H](OCCCc1ccccc1)[C@@H](C)O. The number of aliphatic hydroxyl groups is 1. The maximum atomic E-state index is 9.21. The van der Waals surface area contributed by atoms with E-state index < -0.39 is 0 Å². The molecule has 0 bridgehead atoms. The van der Waals surface area contributed by atoms with Crippen molar-refractivity contribution in [3.63, 3.8) is 0 Å². The molecule has 0 amide bonds. The van der Waals surface area contributed by atoms with Crippen molar-refractivity contribution in [3.8, 4) is 0 Å². The Morgan fingerprint density at radius 3 is 2.47 bits per heavy atom. The summed E-state index contributed by atoms with van der Waals surface area (Å²) in [6.07, 6.45) is 1.58. The molecule has 0 fully saturated rings. The zero-order valence-corrected chi connectivity index (χ0v) is 9.52. The molecule has 15 heavy (non-hydrogen) atoms. The van der Waals surface area contributed by atoms with E-state index in [1.165, 1.54) is 5.56 Å². The smallest absolute Gasteiger partial charge is 0.0803 e. The molecule has 0 saturated heterocycles. The Morgan fingerprint density at radius 1 is 1.20 bits per heavy atom. The summed E-state index contributed by atoms with van der Waals surface area (Å²) in [6, 6.07) is 10.4. The van der Waals surface area contributed by atoms with Gasteiger partial charge in [-0.3, -0.25) is 0 Å². The van der Waals surface area contributed by atoms with Gasteiger partial charge in [0.05, 0.1) is 12.2 Å². The Balaban J connectivity index is 2.12. The van der Waals surface area contributed by atoms with Crippen LogP contribution in [-0.2, 0) is 11.2 Å². The van der Waals surface area contributed by atoms with Crippen molar-refractivity contribution in [2.45, 2.75) is 38.9 Å². The fraction of sp³-hybridized carbons (Fsp3) is 0.538. The van der Waals surface area contributed by atoms with Crippen LogP contribution in [0, 0.1) is 0 Å². The first kappa shape index (κ1) is 12.2. The molecule has 1 aromatic carbocycles. The van der Waals surface area contributed by atoms with Gasteiger partial charge in [-0.2, -0.15) is 0 Å².